The van der Waals surface area contributed by atoms with Gasteiger partial charge in [-0.05, 0) is 19.3 Å². The Morgan fingerprint density at radius 2 is 1.81 bits per heavy atom. The van der Waals surface area contributed by atoms with E-state index in [-0.39, 0.29) is 22.7 Å². The topological polar surface area (TPSA) is 52.6 Å². The molecule has 92 valence electrons. The fraction of sp³-hybridized carbons (Fsp3) is 0.909. The molecule has 2 saturated heterocycles. The first-order chi connectivity index (χ1) is 7.77. The van der Waals surface area contributed by atoms with Gasteiger partial charge in [-0.25, -0.2) is 0 Å². The monoisotopic (exact) mass is 246 g/mol. The van der Waals surface area contributed by atoms with Crippen molar-refractivity contribution in [2.24, 2.45) is 5.92 Å². The molecule has 0 aromatic heterocycles. The van der Waals surface area contributed by atoms with E-state index >= 15 is 0 Å². The molecule has 0 aromatic rings. The summed E-state index contributed by atoms with van der Waals surface area (Å²) in [6, 6.07) is 0. The normalized spacial score (nSPS) is 29.1. The lowest BCUT2D eigenvalue weighted by Gasteiger charge is -2.21. The first-order valence-electron chi connectivity index (χ1n) is 5.83. The van der Waals surface area contributed by atoms with E-state index in [0.29, 0.717) is 26.4 Å². The van der Waals surface area contributed by atoms with Crippen LogP contribution in [-0.2, 0) is 25.1 Å². The number of Topliss-reactive ketones (excluding diaryl/α,β-unsaturated/α-hetero) is 1. The SMILES string of the molecule is O=C(CS(=O)C1CCOCC1)C1CCOC1. The zero-order valence-corrected chi connectivity index (χ0v) is 10.2. The van der Waals surface area contributed by atoms with E-state index in [2.05, 4.69) is 0 Å². The maximum Gasteiger partial charge on any atom is 0.150 e. The highest BCUT2D eigenvalue weighted by molar-refractivity contribution is 7.86. The zero-order valence-electron chi connectivity index (χ0n) is 9.35. The summed E-state index contributed by atoms with van der Waals surface area (Å²) in [6.45, 7) is 2.54. The van der Waals surface area contributed by atoms with Crippen molar-refractivity contribution in [1.82, 2.24) is 0 Å². The van der Waals surface area contributed by atoms with E-state index in [1.165, 1.54) is 0 Å². The van der Waals surface area contributed by atoms with Gasteiger partial charge < -0.3 is 9.47 Å². The van der Waals surface area contributed by atoms with Crippen LogP contribution < -0.4 is 0 Å². The Bertz CT molecular complexity index is 267. The molecule has 0 aliphatic carbocycles. The Morgan fingerprint density at radius 3 is 2.44 bits per heavy atom. The largest absolute Gasteiger partial charge is 0.381 e. The smallest absolute Gasteiger partial charge is 0.150 e. The van der Waals surface area contributed by atoms with Gasteiger partial charge in [0.2, 0.25) is 0 Å². The van der Waals surface area contributed by atoms with Gasteiger partial charge in [0.1, 0.15) is 0 Å². The van der Waals surface area contributed by atoms with Gasteiger partial charge in [0.25, 0.3) is 0 Å². The predicted molar refractivity (Wildman–Crippen MR) is 60.8 cm³/mol. The lowest BCUT2D eigenvalue weighted by Crippen LogP contribution is -2.30. The maximum absolute atomic E-state index is 12.0. The van der Waals surface area contributed by atoms with Crippen LogP contribution in [0.3, 0.4) is 0 Å². The fourth-order valence-electron chi connectivity index (χ4n) is 2.10. The second-order valence-electron chi connectivity index (χ2n) is 4.36. The zero-order chi connectivity index (χ0) is 11.4. The molecule has 5 heteroatoms. The highest BCUT2D eigenvalue weighted by Crippen LogP contribution is 2.17. The van der Waals surface area contributed by atoms with Crippen LogP contribution >= 0.6 is 0 Å². The lowest BCUT2D eigenvalue weighted by molar-refractivity contribution is -0.120. The molecule has 0 saturated carbocycles. The minimum atomic E-state index is -1.02. The molecular weight excluding hydrogens is 228 g/mol. The molecule has 4 nitrogen and oxygen atoms in total. The van der Waals surface area contributed by atoms with Crippen molar-refractivity contribution in [3.63, 3.8) is 0 Å². The third kappa shape index (κ3) is 3.12. The Labute approximate surface area is 98.1 Å². The van der Waals surface area contributed by atoms with Crippen LogP contribution in [0.5, 0.6) is 0 Å². The highest BCUT2D eigenvalue weighted by Gasteiger charge is 2.28. The maximum atomic E-state index is 12.0. The van der Waals surface area contributed by atoms with Crippen LogP contribution in [0.1, 0.15) is 19.3 Å². The van der Waals surface area contributed by atoms with E-state index in [1.54, 1.807) is 0 Å². The summed E-state index contributed by atoms with van der Waals surface area (Å²) in [4.78, 5) is 11.8. The second-order valence-corrected chi connectivity index (χ2v) is 6.08. The molecular formula is C11H18O4S. The molecule has 2 aliphatic rings. The molecule has 2 fully saturated rings. The van der Waals surface area contributed by atoms with Gasteiger partial charge in [0.15, 0.2) is 5.78 Å². The quantitative estimate of drug-likeness (QED) is 0.725. The average molecular weight is 246 g/mol. The molecule has 2 rings (SSSR count). The van der Waals surface area contributed by atoms with E-state index < -0.39 is 10.8 Å². The van der Waals surface area contributed by atoms with Crippen LogP contribution in [0.2, 0.25) is 0 Å². The molecule has 2 atom stereocenters. The Kier molecular flexibility index (Phi) is 4.49. The van der Waals surface area contributed by atoms with Crippen LogP contribution in [-0.4, -0.2) is 47.4 Å². The predicted octanol–water partition coefficient (Wildman–Crippen LogP) is 0.520. The van der Waals surface area contributed by atoms with E-state index in [0.717, 1.165) is 19.3 Å². The van der Waals surface area contributed by atoms with Crippen molar-refractivity contribution in [1.29, 1.82) is 0 Å². The van der Waals surface area contributed by atoms with Gasteiger partial charge in [-0.15, -0.1) is 0 Å². The molecule has 0 N–H and O–H groups in total. The summed E-state index contributed by atoms with van der Waals surface area (Å²) in [5, 5.41) is 0.153. The summed E-state index contributed by atoms with van der Waals surface area (Å²) in [5.74, 6) is 0.310. The molecule has 2 unspecified atom stereocenters. The molecule has 2 heterocycles. The number of ether oxygens (including phenoxy) is 2. The molecule has 0 aromatic carbocycles. The highest BCUT2D eigenvalue weighted by atomic mass is 32.2. The first-order valence-corrected chi connectivity index (χ1v) is 7.21. The molecule has 0 radical (unpaired) electrons. The van der Waals surface area contributed by atoms with Crippen molar-refractivity contribution >= 4 is 16.6 Å². The van der Waals surface area contributed by atoms with Crippen LogP contribution in [0.15, 0.2) is 0 Å². The van der Waals surface area contributed by atoms with Gasteiger partial charge in [-0.3, -0.25) is 9.00 Å². The molecule has 0 spiro atoms. The number of hydrogen-bond acceptors (Lipinski definition) is 4. The van der Waals surface area contributed by atoms with Gasteiger partial charge in [0, 0.05) is 41.8 Å². The number of hydrogen-bond donors (Lipinski definition) is 0. The van der Waals surface area contributed by atoms with E-state index in [4.69, 9.17) is 9.47 Å². The number of carbonyl (C=O) groups is 1. The number of rotatable bonds is 4. The minimum absolute atomic E-state index is 0.0104. The lowest BCUT2D eigenvalue weighted by atomic mass is 10.1. The number of ketones is 1. The number of carbonyl (C=O) groups excluding carboxylic acids is 1. The first kappa shape index (κ1) is 12.2. The molecule has 0 amide bonds. The van der Waals surface area contributed by atoms with Crippen molar-refractivity contribution < 1.29 is 18.5 Å². The molecule has 2 aliphatic heterocycles. The van der Waals surface area contributed by atoms with Crippen LogP contribution in [0.4, 0.5) is 0 Å². The van der Waals surface area contributed by atoms with Crippen molar-refractivity contribution in [2.75, 3.05) is 32.2 Å². The Hall–Kier alpha value is -0.260. The summed E-state index contributed by atoms with van der Waals surface area (Å²) in [5.41, 5.74) is 0. The van der Waals surface area contributed by atoms with E-state index in [1.807, 2.05) is 0 Å². The third-order valence-corrected chi connectivity index (χ3v) is 4.99. The third-order valence-electron chi connectivity index (χ3n) is 3.21. The second kappa shape index (κ2) is 5.89. The van der Waals surface area contributed by atoms with Crippen molar-refractivity contribution in [2.45, 2.75) is 24.5 Å². The average Bonchev–Trinajstić information content (AvgIpc) is 2.83. The van der Waals surface area contributed by atoms with E-state index in [9.17, 15) is 9.00 Å². The Balaban J connectivity index is 1.79. The Morgan fingerprint density at radius 1 is 1.12 bits per heavy atom. The summed E-state index contributed by atoms with van der Waals surface area (Å²) < 4.78 is 22.3. The van der Waals surface area contributed by atoms with Crippen molar-refractivity contribution in [3.8, 4) is 0 Å². The summed E-state index contributed by atoms with van der Waals surface area (Å²) in [6.07, 6.45) is 2.44. The van der Waals surface area contributed by atoms with Crippen LogP contribution in [0.25, 0.3) is 0 Å². The van der Waals surface area contributed by atoms with Gasteiger partial charge >= 0.3 is 0 Å². The standard InChI is InChI=1S/C11H18O4S/c12-11(9-1-4-15-7-9)8-16(13)10-2-5-14-6-3-10/h9-10H,1-8H2. The van der Waals surface area contributed by atoms with Gasteiger partial charge in [0.05, 0.1) is 12.4 Å². The molecule has 16 heavy (non-hydrogen) atoms. The van der Waals surface area contributed by atoms with Gasteiger partial charge in [-0.2, -0.15) is 0 Å². The van der Waals surface area contributed by atoms with Crippen molar-refractivity contribution in [3.05, 3.63) is 0 Å². The van der Waals surface area contributed by atoms with Crippen LogP contribution in [0, 0.1) is 5.92 Å². The summed E-state index contributed by atoms with van der Waals surface area (Å²) >= 11 is 0. The minimum Gasteiger partial charge on any atom is -0.381 e. The fourth-order valence-corrected chi connectivity index (χ4v) is 3.57. The van der Waals surface area contributed by atoms with Gasteiger partial charge in [-0.1, -0.05) is 0 Å². The summed E-state index contributed by atoms with van der Waals surface area (Å²) in [7, 11) is -1.02. The molecule has 0 bridgehead atoms.